The smallest absolute Gasteiger partial charge is 0.00476 e. The summed E-state index contributed by atoms with van der Waals surface area (Å²) >= 11 is 0. The van der Waals surface area contributed by atoms with Gasteiger partial charge >= 0.3 is 0 Å². The molecule has 1 rings (SSSR count). The van der Waals surface area contributed by atoms with Gasteiger partial charge in [0.05, 0.1) is 0 Å². The Morgan fingerprint density at radius 1 is 1.29 bits per heavy atom. The summed E-state index contributed by atoms with van der Waals surface area (Å²) in [5, 5.41) is 3.62. The first-order valence-corrected chi connectivity index (χ1v) is 7.52. The summed E-state index contributed by atoms with van der Waals surface area (Å²) in [6.07, 6.45) is 5.27. The summed E-state index contributed by atoms with van der Waals surface area (Å²) in [6.45, 7) is 15.6. The minimum absolute atomic E-state index is 0.466. The maximum Gasteiger partial charge on any atom is 0.00476 e. The minimum Gasteiger partial charge on any atom is -0.316 e. The molecule has 2 heteroatoms. The molecule has 1 aliphatic rings. The van der Waals surface area contributed by atoms with Crippen LogP contribution in [0.25, 0.3) is 0 Å². The van der Waals surface area contributed by atoms with Crippen molar-refractivity contribution in [1.82, 2.24) is 10.2 Å². The zero-order chi connectivity index (χ0) is 12.7. The molecule has 2 nitrogen and oxygen atoms in total. The van der Waals surface area contributed by atoms with E-state index in [1.807, 2.05) is 0 Å². The first-order chi connectivity index (χ1) is 8.09. The van der Waals surface area contributed by atoms with Crippen molar-refractivity contribution in [3.8, 4) is 0 Å². The van der Waals surface area contributed by atoms with Gasteiger partial charge in [0.15, 0.2) is 0 Å². The third kappa shape index (κ3) is 5.39. The third-order valence-electron chi connectivity index (χ3n) is 3.95. The molecule has 17 heavy (non-hydrogen) atoms. The molecule has 1 aliphatic heterocycles. The van der Waals surface area contributed by atoms with Crippen LogP contribution in [-0.4, -0.2) is 37.6 Å². The van der Waals surface area contributed by atoms with E-state index in [-0.39, 0.29) is 0 Å². The summed E-state index contributed by atoms with van der Waals surface area (Å²) in [4.78, 5) is 2.67. The Morgan fingerprint density at radius 3 is 2.59 bits per heavy atom. The number of hydrogen-bond donors (Lipinski definition) is 1. The molecular weight excluding hydrogens is 208 g/mol. The normalized spacial score (nSPS) is 25.1. The molecule has 0 aromatic heterocycles. The zero-order valence-corrected chi connectivity index (χ0v) is 12.4. The second kappa shape index (κ2) is 7.38. The molecule has 0 aromatic carbocycles. The van der Waals surface area contributed by atoms with Crippen molar-refractivity contribution in [3.63, 3.8) is 0 Å². The highest BCUT2D eigenvalue weighted by Gasteiger charge is 2.29. The van der Waals surface area contributed by atoms with Gasteiger partial charge in [0.25, 0.3) is 0 Å². The van der Waals surface area contributed by atoms with Crippen molar-refractivity contribution < 1.29 is 0 Å². The van der Waals surface area contributed by atoms with Gasteiger partial charge in [-0.05, 0) is 43.7 Å². The van der Waals surface area contributed by atoms with Crippen LogP contribution in [-0.2, 0) is 0 Å². The fourth-order valence-electron chi connectivity index (χ4n) is 3.10. The van der Waals surface area contributed by atoms with E-state index >= 15 is 0 Å². The van der Waals surface area contributed by atoms with Crippen molar-refractivity contribution in [2.24, 2.45) is 11.3 Å². The lowest BCUT2D eigenvalue weighted by Gasteiger charge is -2.34. The van der Waals surface area contributed by atoms with Crippen molar-refractivity contribution >= 4 is 0 Å². The Hall–Kier alpha value is -0.0800. The molecule has 0 radical (unpaired) electrons. The Kier molecular flexibility index (Phi) is 6.50. The zero-order valence-electron chi connectivity index (χ0n) is 12.4. The molecule has 1 N–H and O–H groups in total. The lowest BCUT2D eigenvalue weighted by atomic mass is 9.84. The maximum atomic E-state index is 3.62. The Morgan fingerprint density at radius 2 is 2.06 bits per heavy atom. The van der Waals surface area contributed by atoms with Crippen LogP contribution in [0.3, 0.4) is 0 Å². The Balaban J connectivity index is 2.39. The maximum absolute atomic E-state index is 3.62. The van der Waals surface area contributed by atoms with Crippen LogP contribution < -0.4 is 5.32 Å². The van der Waals surface area contributed by atoms with Gasteiger partial charge in [0.1, 0.15) is 0 Å². The van der Waals surface area contributed by atoms with E-state index < -0.39 is 0 Å². The lowest BCUT2D eigenvalue weighted by molar-refractivity contribution is 0.169. The number of hydrogen-bond acceptors (Lipinski definition) is 2. The van der Waals surface area contributed by atoms with Crippen LogP contribution >= 0.6 is 0 Å². The lowest BCUT2D eigenvalue weighted by Crippen LogP contribution is -2.41. The molecule has 0 aromatic rings. The van der Waals surface area contributed by atoms with Crippen LogP contribution in [0.15, 0.2) is 0 Å². The predicted molar refractivity (Wildman–Crippen MR) is 76.4 cm³/mol. The van der Waals surface area contributed by atoms with Gasteiger partial charge in [-0.1, -0.05) is 34.1 Å². The van der Waals surface area contributed by atoms with E-state index in [1.165, 1.54) is 51.9 Å². The van der Waals surface area contributed by atoms with Crippen LogP contribution in [0.5, 0.6) is 0 Å². The van der Waals surface area contributed by atoms with Crippen LogP contribution in [0.1, 0.15) is 53.4 Å². The monoisotopic (exact) mass is 240 g/mol. The minimum atomic E-state index is 0.466. The molecule has 0 aliphatic carbocycles. The number of nitrogens with zero attached hydrogens (tertiary/aromatic N) is 1. The number of rotatable bonds is 8. The van der Waals surface area contributed by atoms with Crippen LogP contribution in [0, 0.1) is 11.3 Å². The first-order valence-electron chi connectivity index (χ1n) is 7.52. The van der Waals surface area contributed by atoms with Gasteiger partial charge in [-0.3, -0.25) is 0 Å². The number of nitrogens with one attached hydrogen (secondary N) is 1. The Bertz CT molecular complexity index is 205. The third-order valence-corrected chi connectivity index (χ3v) is 3.95. The van der Waals surface area contributed by atoms with Crippen molar-refractivity contribution in [2.45, 2.75) is 53.4 Å². The summed E-state index contributed by atoms with van der Waals surface area (Å²) in [7, 11) is 0. The highest BCUT2D eigenvalue weighted by molar-refractivity contribution is 4.83. The van der Waals surface area contributed by atoms with Gasteiger partial charge in [-0.25, -0.2) is 0 Å². The molecule has 2 atom stereocenters. The van der Waals surface area contributed by atoms with Crippen molar-refractivity contribution in [3.05, 3.63) is 0 Å². The molecule has 2 unspecified atom stereocenters. The predicted octanol–water partition coefficient (Wildman–Crippen LogP) is 3.13. The van der Waals surface area contributed by atoms with Crippen molar-refractivity contribution in [1.29, 1.82) is 0 Å². The molecule has 1 fully saturated rings. The van der Waals surface area contributed by atoms with E-state index in [4.69, 9.17) is 0 Å². The highest BCUT2D eigenvalue weighted by atomic mass is 15.2. The SMILES string of the molecule is CCCNCC(C)(CCC)CN1CCC(C)C1. The van der Waals surface area contributed by atoms with Crippen molar-refractivity contribution in [2.75, 3.05) is 32.7 Å². The van der Waals surface area contributed by atoms with E-state index in [0.29, 0.717) is 5.41 Å². The second-order valence-electron chi connectivity index (χ2n) is 6.37. The molecule has 1 heterocycles. The van der Waals surface area contributed by atoms with E-state index in [1.54, 1.807) is 0 Å². The molecule has 0 saturated carbocycles. The van der Waals surface area contributed by atoms with Gasteiger partial charge < -0.3 is 10.2 Å². The first kappa shape index (κ1) is 15.0. The fraction of sp³-hybridized carbons (Fsp3) is 1.00. The van der Waals surface area contributed by atoms with Gasteiger partial charge in [-0.15, -0.1) is 0 Å². The van der Waals surface area contributed by atoms with Crippen LogP contribution in [0.2, 0.25) is 0 Å². The van der Waals surface area contributed by atoms with E-state index in [9.17, 15) is 0 Å². The molecule has 0 bridgehead atoms. The number of likely N-dealkylation sites (tertiary alicyclic amines) is 1. The standard InChI is InChI=1S/C15H32N2/c1-5-8-15(4,12-16-9-6-2)13-17-10-7-14(3)11-17/h14,16H,5-13H2,1-4H3. The average Bonchev–Trinajstić information content (AvgIpc) is 2.64. The summed E-state index contributed by atoms with van der Waals surface area (Å²) in [5.74, 6) is 0.907. The molecule has 0 amide bonds. The fourth-order valence-corrected chi connectivity index (χ4v) is 3.10. The topological polar surface area (TPSA) is 15.3 Å². The molecule has 102 valence electrons. The molecule has 0 spiro atoms. The largest absolute Gasteiger partial charge is 0.316 e. The highest BCUT2D eigenvalue weighted by Crippen LogP contribution is 2.27. The van der Waals surface area contributed by atoms with Gasteiger partial charge in [-0.2, -0.15) is 0 Å². The van der Waals surface area contributed by atoms with Gasteiger partial charge in [0.2, 0.25) is 0 Å². The van der Waals surface area contributed by atoms with Gasteiger partial charge in [0, 0.05) is 19.6 Å². The molecule has 1 saturated heterocycles. The average molecular weight is 240 g/mol. The van der Waals surface area contributed by atoms with E-state index in [2.05, 4.69) is 37.9 Å². The molecular formula is C15H32N2. The summed E-state index contributed by atoms with van der Waals surface area (Å²) < 4.78 is 0. The Labute approximate surface area is 108 Å². The summed E-state index contributed by atoms with van der Waals surface area (Å²) in [5.41, 5.74) is 0.466. The quantitative estimate of drug-likeness (QED) is 0.656. The van der Waals surface area contributed by atoms with Crippen LogP contribution in [0.4, 0.5) is 0 Å². The summed E-state index contributed by atoms with van der Waals surface area (Å²) in [6, 6.07) is 0. The second-order valence-corrected chi connectivity index (χ2v) is 6.37. The van der Waals surface area contributed by atoms with E-state index in [0.717, 1.165) is 12.5 Å².